The number of rotatable bonds is 2. The summed E-state index contributed by atoms with van der Waals surface area (Å²) >= 11 is 0. The summed E-state index contributed by atoms with van der Waals surface area (Å²) in [4.78, 5) is 15.3. The number of ether oxygens (including phenoxy) is 3. The smallest absolute Gasteiger partial charge is 0.302 e. The summed E-state index contributed by atoms with van der Waals surface area (Å²) in [5.74, 6) is 1.03. The van der Waals surface area contributed by atoms with Gasteiger partial charge in [-0.2, -0.15) is 0 Å². The fourth-order valence-electron chi connectivity index (χ4n) is 2.35. The predicted molar refractivity (Wildman–Crippen MR) is 61.6 cm³/mol. The highest BCUT2D eigenvalue weighted by molar-refractivity contribution is 5.75. The third-order valence-corrected chi connectivity index (χ3v) is 3.61. The molecule has 0 amide bonds. The Labute approximate surface area is 101 Å². The molecule has 0 N–H and O–H groups in total. The molecule has 5 nitrogen and oxygen atoms in total. The van der Waals surface area contributed by atoms with Gasteiger partial charge >= 0.3 is 5.97 Å². The van der Waals surface area contributed by atoms with Gasteiger partial charge in [0, 0.05) is 13.8 Å². The van der Waals surface area contributed by atoms with Gasteiger partial charge in [-0.15, -0.1) is 0 Å². The van der Waals surface area contributed by atoms with E-state index in [1.54, 1.807) is 0 Å². The molecule has 2 rings (SSSR count). The molecule has 96 valence electrons. The fraction of sp³-hybridized carbons (Fsp3) is 0.833. The summed E-state index contributed by atoms with van der Waals surface area (Å²) in [5.41, 5.74) is 0. The molecule has 2 aliphatic rings. The van der Waals surface area contributed by atoms with Crippen molar-refractivity contribution < 1.29 is 19.0 Å². The molecule has 1 saturated heterocycles. The Morgan fingerprint density at radius 3 is 2.76 bits per heavy atom. The topological polar surface area (TPSA) is 57.1 Å². The lowest BCUT2D eigenvalue weighted by atomic mass is 9.83. The maximum absolute atomic E-state index is 10.8. The van der Waals surface area contributed by atoms with E-state index in [4.69, 9.17) is 14.2 Å². The first-order chi connectivity index (χ1) is 7.99. The molecule has 0 aromatic rings. The molecule has 5 heteroatoms. The highest BCUT2D eigenvalue weighted by Crippen LogP contribution is 2.36. The van der Waals surface area contributed by atoms with Crippen molar-refractivity contribution in [3.8, 4) is 0 Å². The molecule has 0 aliphatic carbocycles. The van der Waals surface area contributed by atoms with Gasteiger partial charge in [0.1, 0.15) is 12.6 Å². The average molecular weight is 241 g/mol. The van der Waals surface area contributed by atoms with Crippen molar-refractivity contribution in [1.82, 2.24) is 0 Å². The third-order valence-electron chi connectivity index (χ3n) is 3.61. The molecule has 0 radical (unpaired) electrons. The SMILES string of the molecule is CC(=O)OCC1O[C@@H]2OC(C)=NC2[C@@H](C)[C@@H]1C. The van der Waals surface area contributed by atoms with Gasteiger partial charge in [-0.1, -0.05) is 13.8 Å². The zero-order valence-electron chi connectivity index (χ0n) is 10.7. The summed E-state index contributed by atoms with van der Waals surface area (Å²) in [6.45, 7) is 7.75. The number of fused-ring (bicyclic) bond motifs is 1. The highest BCUT2D eigenvalue weighted by atomic mass is 16.7. The van der Waals surface area contributed by atoms with Crippen LogP contribution in [-0.4, -0.2) is 36.9 Å². The van der Waals surface area contributed by atoms with Crippen molar-refractivity contribution in [3.05, 3.63) is 0 Å². The number of carbonyl (C=O) groups is 1. The molecule has 17 heavy (non-hydrogen) atoms. The van der Waals surface area contributed by atoms with E-state index in [1.165, 1.54) is 6.92 Å². The van der Waals surface area contributed by atoms with Gasteiger partial charge in [-0.3, -0.25) is 4.79 Å². The van der Waals surface area contributed by atoms with Crippen molar-refractivity contribution in [3.63, 3.8) is 0 Å². The summed E-state index contributed by atoms with van der Waals surface area (Å²) < 4.78 is 16.3. The average Bonchev–Trinajstić information content (AvgIpc) is 2.62. The second-order valence-electron chi connectivity index (χ2n) is 4.82. The number of aliphatic imine (C=N–C) groups is 1. The molecular weight excluding hydrogens is 222 g/mol. The Balaban J connectivity index is 2.01. The van der Waals surface area contributed by atoms with E-state index in [0.717, 1.165) is 0 Å². The first kappa shape index (κ1) is 12.4. The maximum atomic E-state index is 10.8. The minimum Gasteiger partial charge on any atom is -0.463 e. The standard InChI is InChI=1S/C12H19NO4/c1-6-7(2)11-12(16-8(3)13-11)17-10(6)5-15-9(4)14/h6-7,10-12H,5H2,1-4H3/t6-,7-,10?,11?,12-/m0/s1. The molecule has 1 fully saturated rings. The lowest BCUT2D eigenvalue weighted by molar-refractivity contribution is -0.202. The van der Waals surface area contributed by atoms with Crippen LogP contribution in [0.1, 0.15) is 27.7 Å². The Morgan fingerprint density at radius 2 is 2.12 bits per heavy atom. The number of esters is 1. The van der Waals surface area contributed by atoms with Crippen LogP contribution in [0.4, 0.5) is 0 Å². The molecule has 0 aromatic heterocycles. The van der Waals surface area contributed by atoms with Gasteiger partial charge < -0.3 is 14.2 Å². The van der Waals surface area contributed by atoms with E-state index in [-0.39, 0.29) is 36.9 Å². The Bertz CT molecular complexity index is 341. The van der Waals surface area contributed by atoms with Crippen molar-refractivity contribution >= 4 is 11.9 Å². The maximum Gasteiger partial charge on any atom is 0.302 e. The Morgan fingerprint density at radius 1 is 1.41 bits per heavy atom. The van der Waals surface area contributed by atoms with E-state index in [9.17, 15) is 4.79 Å². The van der Waals surface area contributed by atoms with Gasteiger partial charge in [0.05, 0.1) is 6.10 Å². The second kappa shape index (κ2) is 4.64. The second-order valence-corrected chi connectivity index (χ2v) is 4.82. The highest BCUT2D eigenvalue weighted by Gasteiger charge is 2.45. The largest absolute Gasteiger partial charge is 0.463 e. The van der Waals surface area contributed by atoms with Crippen LogP contribution in [0.5, 0.6) is 0 Å². The van der Waals surface area contributed by atoms with Crippen molar-refractivity contribution in [2.24, 2.45) is 16.8 Å². The van der Waals surface area contributed by atoms with Crippen LogP contribution in [0.2, 0.25) is 0 Å². The van der Waals surface area contributed by atoms with Crippen LogP contribution in [0.15, 0.2) is 4.99 Å². The normalized spacial score (nSPS) is 40.2. The lowest BCUT2D eigenvalue weighted by Crippen LogP contribution is -2.49. The number of nitrogens with zero attached hydrogens (tertiary/aromatic N) is 1. The van der Waals surface area contributed by atoms with E-state index in [1.807, 2.05) is 6.92 Å². The molecule has 2 heterocycles. The van der Waals surface area contributed by atoms with Crippen LogP contribution in [0, 0.1) is 11.8 Å². The van der Waals surface area contributed by atoms with Gasteiger partial charge in [-0.25, -0.2) is 4.99 Å². The number of hydrogen-bond donors (Lipinski definition) is 0. The summed E-state index contributed by atoms with van der Waals surface area (Å²) in [6.07, 6.45) is -0.432. The third kappa shape index (κ3) is 2.44. The minimum absolute atomic E-state index is 0.0681. The molecule has 0 spiro atoms. The summed E-state index contributed by atoms with van der Waals surface area (Å²) in [7, 11) is 0. The van der Waals surface area contributed by atoms with E-state index < -0.39 is 0 Å². The van der Waals surface area contributed by atoms with E-state index in [2.05, 4.69) is 18.8 Å². The molecular formula is C12H19NO4. The van der Waals surface area contributed by atoms with E-state index >= 15 is 0 Å². The molecule has 5 atom stereocenters. The van der Waals surface area contributed by atoms with Crippen LogP contribution in [0.3, 0.4) is 0 Å². The van der Waals surface area contributed by atoms with Gasteiger partial charge in [0.25, 0.3) is 0 Å². The first-order valence-corrected chi connectivity index (χ1v) is 5.99. The number of hydrogen-bond acceptors (Lipinski definition) is 5. The predicted octanol–water partition coefficient (Wildman–Crippen LogP) is 1.36. The van der Waals surface area contributed by atoms with Crippen LogP contribution >= 0.6 is 0 Å². The van der Waals surface area contributed by atoms with Crippen LogP contribution in [0.25, 0.3) is 0 Å². The van der Waals surface area contributed by atoms with Gasteiger partial charge in [-0.05, 0) is 11.8 Å². The molecule has 2 unspecified atom stereocenters. The Hall–Kier alpha value is -1.10. The van der Waals surface area contributed by atoms with Gasteiger partial charge in [0.2, 0.25) is 6.29 Å². The van der Waals surface area contributed by atoms with Crippen molar-refractivity contribution in [2.75, 3.05) is 6.61 Å². The zero-order chi connectivity index (χ0) is 12.6. The quantitative estimate of drug-likeness (QED) is 0.685. The lowest BCUT2D eigenvalue weighted by Gasteiger charge is -2.39. The number of carbonyl (C=O) groups excluding carboxylic acids is 1. The van der Waals surface area contributed by atoms with Crippen LogP contribution < -0.4 is 0 Å². The van der Waals surface area contributed by atoms with Crippen molar-refractivity contribution in [1.29, 1.82) is 0 Å². The molecule has 0 aromatic carbocycles. The minimum atomic E-state index is -0.318. The molecule has 0 saturated carbocycles. The van der Waals surface area contributed by atoms with Crippen molar-refractivity contribution in [2.45, 2.75) is 46.1 Å². The first-order valence-electron chi connectivity index (χ1n) is 5.99. The van der Waals surface area contributed by atoms with Crippen LogP contribution in [-0.2, 0) is 19.0 Å². The summed E-state index contributed by atoms with van der Waals surface area (Å²) in [5, 5.41) is 0. The monoisotopic (exact) mass is 241 g/mol. The Kier molecular flexibility index (Phi) is 3.38. The fourth-order valence-corrected chi connectivity index (χ4v) is 2.35. The molecule has 2 aliphatic heterocycles. The molecule has 0 bridgehead atoms. The van der Waals surface area contributed by atoms with Gasteiger partial charge in [0.15, 0.2) is 5.90 Å². The summed E-state index contributed by atoms with van der Waals surface area (Å²) in [6, 6.07) is 0.0681. The van der Waals surface area contributed by atoms with E-state index in [0.29, 0.717) is 11.8 Å². The zero-order valence-corrected chi connectivity index (χ0v) is 10.7.